The molecule has 1 unspecified atom stereocenters. The third-order valence-corrected chi connectivity index (χ3v) is 5.24. The second kappa shape index (κ2) is 8.04. The van der Waals surface area contributed by atoms with Crippen LogP contribution >= 0.6 is 15.9 Å². The molecule has 112 valence electrons. The van der Waals surface area contributed by atoms with E-state index < -0.39 is 0 Å². The van der Waals surface area contributed by atoms with Crippen molar-refractivity contribution < 1.29 is 4.74 Å². The highest BCUT2D eigenvalue weighted by atomic mass is 79.9. The molecule has 1 fully saturated rings. The summed E-state index contributed by atoms with van der Waals surface area (Å²) in [6.07, 6.45) is 10.4. The first kappa shape index (κ1) is 15.8. The van der Waals surface area contributed by atoms with Gasteiger partial charge in [-0.3, -0.25) is 0 Å². The highest BCUT2D eigenvalue weighted by Crippen LogP contribution is 2.28. The van der Waals surface area contributed by atoms with Gasteiger partial charge in [-0.2, -0.15) is 0 Å². The first-order valence-corrected chi connectivity index (χ1v) is 8.58. The molecule has 0 bridgehead atoms. The van der Waals surface area contributed by atoms with Crippen LogP contribution in [0.2, 0.25) is 0 Å². The predicted octanol–water partition coefficient (Wildman–Crippen LogP) is 4.69. The van der Waals surface area contributed by atoms with Gasteiger partial charge in [0.1, 0.15) is 5.75 Å². The highest BCUT2D eigenvalue weighted by Gasteiger charge is 2.20. The number of hydrogen-bond acceptors (Lipinski definition) is 2. The van der Waals surface area contributed by atoms with E-state index in [0.29, 0.717) is 5.92 Å². The number of methoxy groups -OCH3 is 1. The van der Waals surface area contributed by atoms with Crippen molar-refractivity contribution in [3.63, 3.8) is 0 Å². The third-order valence-electron chi connectivity index (χ3n) is 4.46. The van der Waals surface area contributed by atoms with E-state index in [-0.39, 0.29) is 6.04 Å². The molecule has 0 aromatic heterocycles. The molecular formula is C17H26BrNO. The van der Waals surface area contributed by atoms with Gasteiger partial charge in [0.25, 0.3) is 0 Å². The van der Waals surface area contributed by atoms with Crippen LogP contribution in [0, 0.1) is 5.92 Å². The lowest BCUT2D eigenvalue weighted by Crippen LogP contribution is -2.33. The quantitative estimate of drug-likeness (QED) is 0.863. The Bertz CT molecular complexity index is 413. The maximum absolute atomic E-state index is 6.50. The molecule has 1 aliphatic carbocycles. The number of halogens is 1. The molecule has 20 heavy (non-hydrogen) atoms. The fourth-order valence-electron chi connectivity index (χ4n) is 3.17. The summed E-state index contributed by atoms with van der Waals surface area (Å²) in [6, 6.07) is 6.40. The van der Waals surface area contributed by atoms with Gasteiger partial charge in [-0.25, -0.2) is 0 Å². The van der Waals surface area contributed by atoms with Crippen LogP contribution in [0.1, 0.15) is 50.5 Å². The Hall–Kier alpha value is -0.540. The molecule has 1 atom stereocenters. The molecule has 3 heteroatoms. The zero-order valence-corrected chi connectivity index (χ0v) is 14.0. The molecule has 2 N–H and O–H groups in total. The first-order chi connectivity index (χ1) is 9.70. The van der Waals surface area contributed by atoms with Gasteiger partial charge < -0.3 is 10.5 Å². The number of nitrogens with two attached hydrogens (primary N) is 1. The Labute approximate surface area is 131 Å². The standard InChI is InChI=1S/C17H26BrNO/c1-20-15-9-10-16(18)14(11-15)12-17(19)13-7-5-3-2-4-6-8-13/h9-11,13,17H,2-8,12,19H2,1H3. The van der Waals surface area contributed by atoms with Crippen molar-refractivity contribution >= 4 is 15.9 Å². The van der Waals surface area contributed by atoms with Gasteiger partial charge in [0.15, 0.2) is 0 Å². The first-order valence-electron chi connectivity index (χ1n) is 7.78. The minimum Gasteiger partial charge on any atom is -0.497 e. The van der Waals surface area contributed by atoms with Crippen molar-refractivity contribution in [1.29, 1.82) is 0 Å². The summed E-state index contributed by atoms with van der Waals surface area (Å²) in [5.74, 6) is 1.58. The molecule has 1 aromatic carbocycles. The maximum Gasteiger partial charge on any atom is 0.119 e. The second-order valence-electron chi connectivity index (χ2n) is 5.93. The summed E-state index contributed by atoms with van der Waals surface area (Å²) in [5.41, 5.74) is 7.76. The van der Waals surface area contributed by atoms with Crippen molar-refractivity contribution in [2.75, 3.05) is 7.11 Å². The Morgan fingerprint density at radius 3 is 2.50 bits per heavy atom. The van der Waals surface area contributed by atoms with Gasteiger partial charge in [-0.15, -0.1) is 0 Å². The van der Waals surface area contributed by atoms with Crippen molar-refractivity contribution in [2.45, 2.75) is 57.4 Å². The molecular weight excluding hydrogens is 314 g/mol. The van der Waals surface area contributed by atoms with Crippen molar-refractivity contribution in [3.05, 3.63) is 28.2 Å². The van der Waals surface area contributed by atoms with Gasteiger partial charge in [0.2, 0.25) is 0 Å². The highest BCUT2D eigenvalue weighted by molar-refractivity contribution is 9.10. The molecule has 0 amide bonds. The number of benzene rings is 1. The molecule has 0 spiro atoms. The van der Waals surface area contributed by atoms with Crippen LogP contribution in [-0.4, -0.2) is 13.2 Å². The van der Waals surface area contributed by atoms with E-state index in [2.05, 4.69) is 28.1 Å². The van der Waals surface area contributed by atoms with Crippen LogP contribution in [0.3, 0.4) is 0 Å². The lowest BCUT2D eigenvalue weighted by molar-refractivity contribution is 0.321. The molecule has 0 saturated heterocycles. The van der Waals surface area contributed by atoms with Gasteiger partial charge in [0.05, 0.1) is 7.11 Å². The molecule has 1 aromatic rings. The number of hydrogen-bond donors (Lipinski definition) is 1. The SMILES string of the molecule is COc1ccc(Br)c(CC(N)C2CCCCCCC2)c1. The van der Waals surface area contributed by atoms with Crippen LogP contribution in [0.4, 0.5) is 0 Å². The number of rotatable bonds is 4. The average Bonchev–Trinajstić information content (AvgIpc) is 2.40. The van der Waals surface area contributed by atoms with Gasteiger partial charge in [-0.05, 0) is 48.9 Å². The van der Waals surface area contributed by atoms with E-state index in [1.165, 1.54) is 50.5 Å². The molecule has 2 rings (SSSR count). The second-order valence-corrected chi connectivity index (χ2v) is 6.78. The molecule has 1 aliphatic rings. The summed E-state index contributed by atoms with van der Waals surface area (Å²) in [7, 11) is 1.71. The minimum atomic E-state index is 0.261. The van der Waals surface area contributed by atoms with E-state index >= 15 is 0 Å². The normalized spacial score (nSPS) is 19.1. The molecule has 0 aliphatic heterocycles. The predicted molar refractivity (Wildman–Crippen MR) is 88.2 cm³/mol. The smallest absolute Gasteiger partial charge is 0.119 e. The van der Waals surface area contributed by atoms with E-state index in [1.54, 1.807) is 7.11 Å². The molecule has 0 radical (unpaired) electrons. The Kier molecular flexibility index (Phi) is 6.37. The fourth-order valence-corrected chi connectivity index (χ4v) is 3.58. The van der Waals surface area contributed by atoms with E-state index in [4.69, 9.17) is 10.5 Å². The van der Waals surface area contributed by atoms with E-state index in [9.17, 15) is 0 Å². The van der Waals surface area contributed by atoms with Crippen molar-refractivity contribution in [3.8, 4) is 5.75 Å². The van der Waals surface area contributed by atoms with Crippen LogP contribution in [-0.2, 0) is 6.42 Å². The van der Waals surface area contributed by atoms with Gasteiger partial charge in [0, 0.05) is 10.5 Å². The Morgan fingerprint density at radius 1 is 1.20 bits per heavy atom. The Balaban J connectivity index is 2.00. The molecule has 2 nitrogen and oxygen atoms in total. The number of ether oxygens (including phenoxy) is 1. The summed E-state index contributed by atoms with van der Waals surface area (Å²) in [6.45, 7) is 0. The minimum absolute atomic E-state index is 0.261. The van der Waals surface area contributed by atoms with Crippen LogP contribution in [0.25, 0.3) is 0 Å². The molecule has 1 saturated carbocycles. The maximum atomic E-state index is 6.50. The van der Waals surface area contributed by atoms with Gasteiger partial charge >= 0.3 is 0 Å². The fraction of sp³-hybridized carbons (Fsp3) is 0.647. The topological polar surface area (TPSA) is 35.2 Å². The van der Waals surface area contributed by atoms with E-state index in [1.807, 2.05) is 6.07 Å². The monoisotopic (exact) mass is 339 g/mol. The zero-order valence-electron chi connectivity index (χ0n) is 12.4. The van der Waals surface area contributed by atoms with Crippen LogP contribution in [0.15, 0.2) is 22.7 Å². The summed E-state index contributed by atoms with van der Waals surface area (Å²) < 4.78 is 6.45. The summed E-state index contributed by atoms with van der Waals surface area (Å²) >= 11 is 3.63. The lowest BCUT2D eigenvalue weighted by Gasteiger charge is -2.26. The largest absolute Gasteiger partial charge is 0.497 e. The van der Waals surface area contributed by atoms with Crippen LogP contribution < -0.4 is 10.5 Å². The van der Waals surface area contributed by atoms with Crippen molar-refractivity contribution in [2.24, 2.45) is 11.7 Å². The zero-order chi connectivity index (χ0) is 14.4. The van der Waals surface area contributed by atoms with Gasteiger partial charge in [-0.1, -0.05) is 48.0 Å². The lowest BCUT2D eigenvalue weighted by atomic mass is 9.84. The molecule has 0 heterocycles. The van der Waals surface area contributed by atoms with E-state index in [0.717, 1.165) is 16.6 Å². The van der Waals surface area contributed by atoms with Crippen molar-refractivity contribution in [1.82, 2.24) is 0 Å². The average molecular weight is 340 g/mol. The Morgan fingerprint density at radius 2 is 1.85 bits per heavy atom. The summed E-state index contributed by atoms with van der Waals surface area (Å²) in [5, 5.41) is 0. The third kappa shape index (κ3) is 4.49. The summed E-state index contributed by atoms with van der Waals surface area (Å²) in [4.78, 5) is 0. The van der Waals surface area contributed by atoms with Crippen LogP contribution in [0.5, 0.6) is 5.75 Å².